The number of carbonyl (C=O) groups is 4. The van der Waals surface area contributed by atoms with E-state index >= 15 is 0 Å². The molecule has 2 amide bonds. The summed E-state index contributed by atoms with van der Waals surface area (Å²) in [4.78, 5) is 58.0. The number of carbonyl (C=O) groups excluding carboxylic acids is 4. The highest BCUT2D eigenvalue weighted by Crippen LogP contribution is 2.25. The lowest BCUT2D eigenvalue weighted by molar-refractivity contribution is -0.140. The summed E-state index contributed by atoms with van der Waals surface area (Å²) in [5, 5.41) is 2.90. The van der Waals surface area contributed by atoms with Crippen LogP contribution in [-0.2, 0) is 14.4 Å². The van der Waals surface area contributed by atoms with Crippen molar-refractivity contribution in [3.8, 4) is 0 Å². The summed E-state index contributed by atoms with van der Waals surface area (Å²) >= 11 is 3.40. The summed E-state index contributed by atoms with van der Waals surface area (Å²) in [5.74, 6) is -1.29. The van der Waals surface area contributed by atoms with Gasteiger partial charge in [0.15, 0.2) is 11.7 Å². The van der Waals surface area contributed by atoms with E-state index in [9.17, 15) is 19.2 Å². The molecule has 9 nitrogen and oxygen atoms in total. The van der Waals surface area contributed by atoms with Gasteiger partial charge in [0.2, 0.25) is 5.91 Å². The van der Waals surface area contributed by atoms with E-state index in [4.69, 9.17) is 11.5 Å². The Labute approximate surface area is 227 Å². The fraction of sp³-hybridized carbons (Fsp3) is 0.593. The molecule has 1 aliphatic rings. The quantitative estimate of drug-likeness (QED) is 0.186. The average Bonchev–Trinajstić information content (AvgIpc) is 3.33. The molecule has 5 N–H and O–H groups in total. The highest BCUT2D eigenvalue weighted by atomic mass is 79.9. The predicted molar refractivity (Wildman–Crippen MR) is 148 cm³/mol. The number of benzene rings is 1. The highest BCUT2D eigenvalue weighted by Gasteiger charge is 2.39. The van der Waals surface area contributed by atoms with Crippen LogP contribution in [0.3, 0.4) is 0 Å². The number of hydrogen-bond donors (Lipinski definition) is 3. The van der Waals surface area contributed by atoms with Crippen molar-refractivity contribution in [3.63, 3.8) is 0 Å². The van der Waals surface area contributed by atoms with Crippen molar-refractivity contribution in [2.24, 2.45) is 28.3 Å². The largest absolute Gasteiger partial charge is 0.370 e. The first-order valence-corrected chi connectivity index (χ1v) is 13.7. The Bertz CT molecular complexity index is 1020. The number of guanidine groups is 1. The molecule has 1 saturated heterocycles. The van der Waals surface area contributed by atoms with Crippen LogP contribution in [0.15, 0.2) is 27.7 Å². The van der Waals surface area contributed by atoms with Gasteiger partial charge in [0, 0.05) is 41.9 Å². The van der Waals surface area contributed by atoms with E-state index in [1.165, 1.54) is 0 Å². The number of likely N-dealkylation sites (tertiary alicyclic amines) is 1. The van der Waals surface area contributed by atoms with Gasteiger partial charge in [-0.15, -0.1) is 0 Å². The molecular weight excluding hydrogens is 538 g/mol. The molecule has 0 radical (unpaired) electrons. The summed E-state index contributed by atoms with van der Waals surface area (Å²) in [5.41, 5.74) is 12.0. The second-order valence-corrected chi connectivity index (χ2v) is 10.9. The number of ketones is 2. The van der Waals surface area contributed by atoms with Crippen molar-refractivity contribution in [2.45, 2.75) is 78.3 Å². The van der Waals surface area contributed by atoms with E-state index in [-0.39, 0.29) is 41.7 Å². The molecule has 10 heteroatoms. The molecule has 3 atom stereocenters. The topological polar surface area (TPSA) is 148 Å². The number of nitrogens with one attached hydrogen (secondary N) is 1. The van der Waals surface area contributed by atoms with Crippen molar-refractivity contribution in [2.75, 3.05) is 13.1 Å². The summed E-state index contributed by atoms with van der Waals surface area (Å²) in [6.07, 6.45) is 2.77. The fourth-order valence-electron chi connectivity index (χ4n) is 4.75. The number of aliphatic imine (C=N–C) groups is 1. The smallest absolute Gasteiger partial charge is 0.252 e. The molecule has 0 unspecified atom stereocenters. The minimum absolute atomic E-state index is 0.00310. The first kappa shape index (κ1) is 30.5. The Balaban J connectivity index is 2.12. The number of amides is 2. The van der Waals surface area contributed by atoms with Crippen molar-refractivity contribution < 1.29 is 19.2 Å². The molecule has 0 aliphatic carbocycles. The number of Topliss-reactive ketones (excluding diaryl/α,β-unsaturated/α-hetero) is 2. The number of hydrogen-bond acceptors (Lipinski definition) is 5. The Kier molecular flexibility index (Phi) is 11.7. The molecule has 0 spiro atoms. The van der Waals surface area contributed by atoms with Gasteiger partial charge in [-0.25, -0.2) is 0 Å². The molecule has 0 bridgehead atoms. The predicted octanol–water partition coefficient (Wildman–Crippen LogP) is 3.11. The minimum atomic E-state index is -0.767. The van der Waals surface area contributed by atoms with E-state index in [1.54, 1.807) is 24.0 Å². The molecule has 37 heavy (non-hydrogen) atoms. The Hall–Kier alpha value is -2.75. The molecule has 1 aromatic rings. The third kappa shape index (κ3) is 8.66. The highest BCUT2D eigenvalue weighted by molar-refractivity contribution is 9.10. The van der Waals surface area contributed by atoms with Crippen LogP contribution in [0.2, 0.25) is 0 Å². The third-order valence-corrected chi connectivity index (χ3v) is 7.31. The molecule has 2 rings (SSSR count). The van der Waals surface area contributed by atoms with Crippen LogP contribution < -0.4 is 16.8 Å². The molecule has 0 aromatic heterocycles. The molecule has 1 aliphatic heterocycles. The van der Waals surface area contributed by atoms with E-state index in [0.717, 1.165) is 10.0 Å². The number of halogens is 1. The average molecular weight is 579 g/mol. The van der Waals surface area contributed by atoms with Gasteiger partial charge in [-0.2, -0.15) is 0 Å². The number of nitrogens with two attached hydrogens (primary N) is 2. The van der Waals surface area contributed by atoms with Gasteiger partial charge in [-0.1, -0.05) is 36.7 Å². The Morgan fingerprint density at radius 3 is 2.51 bits per heavy atom. The van der Waals surface area contributed by atoms with Crippen LogP contribution in [0, 0.1) is 18.8 Å². The van der Waals surface area contributed by atoms with E-state index < -0.39 is 18.0 Å². The van der Waals surface area contributed by atoms with Crippen molar-refractivity contribution >= 4 is 45.3 Å². The van der Waals surface area contributed by atoms with E-state index in [0.29, 0.717) is 50.8 Å². The second kappa shape index (κ2) is 14.3. The zero-order chi connectivity index (χ0) is 27.7. The number of rotatable bonds is 13. The van der Waals surface area contributed by atoms with Gasteiger partial charge >= 0.3 is 0 Å². The van der Waals surface area contributed by atoms with Crippen LogP contribution in [0.25, 0.3) is 0 Å². The lowest BCUT2D eigenvalue weighted by atomic mass is 9.88. The van der Waals surface area contributed by atoms with Gasteiger partial charge < -0.3 is 21.7 Å². The first-order chi connectivity index (χ1) is 17.5. The normalized spacial score (nSPS) is 16.8. The molecule has 0 saturated carbocycles. The van der Waals surface area contributed by atoms with Crippen LogP contribution >= 0.6 is 15.9 Å². The molecule has 1 heterocycles. The van der Waals surface area contributed by atoms with Crippen molar-refractivity contribution in [1.29, 1.82) is 0 Å². The maximum Gasteiger partial charge on any atom is 0.252 e. The van der Waals surface area contributed by atoms with Gasteiger partial charge in [-0.05, 0) is 62.3 Å². The molecule has 204 valence electrons. The Morgan fingerprint density at radius 2 is 1.92 bits per heavy atom. The molecule has 1 fully saturated rings. The fourth-order valence-corrected chi connectivity index (χ4v) is 5.22. The number of aryl methyl sites for hydroxylation is 1. The van der Waals surface area contributed by atoms with Crippen molar-refractivity contribution in [3.05, 3.63) is 33.8 Å². The maximum atomic E-state index is 13.6. The summed E-state index contributed by atoms with van der Waals surface area (Å²) in [6.45, 7) is 8.21. The van der Waals surface area contributed by atoms with Crippen LogP contribution in [0.1, 0.15) is 75.2 Å². The van der Waals surface area contributed by atoms with Gasteiger partial charge in [0.25, 0.3) is 5.91 Å². The molecule has 1 aromatic carbocycles. The SMILES string of the molecule is CCC(=O)[C@H](CCCN=C(N)N)CC(=O)[C@@H]1CCCN1C(=O)[C@@H](NC(=O)c1ccc(Br)cc1C)C(C)C. The Morgan fingerprint density at radius 1 is 1.22 bits per heavy atom. The summed E-state index contributed by atoms with van der Waals surface area (Å²) in [7, 11) is 0. The third-order valence-electron chi connectivity index (χ3n) is 6.82. The zero-order valence-electron chi connectivity index (χ0n) is 22.3. The minimum Gasteiger partial charge on any atom is -0.370 e. The van der Waals surface area contributed by atoms with Crippen molar-refractivity contribution in [1.82, 2.24) is 10.2 Å². The van der Waals surface area contributed by atoms with E-state index in [1.807, 2.05) is 26.8 Å². The standard InChI is InChI=1S/C27H40BrN5O4/c1-5-22(34)18(8-6-12-31-27(29)30)15-23(35)21-9-7-13-33(21)26(37)24(16(2)3)32-25(36)20-11-10-19(28)14-17(20)4/h10-11,14,16,18,21,24H,5-9,12-13,15H2,1-4H3,(H,32,36)(H4,29,30,31)/t18-,21+,24+/m1/s1. The van der Waals surface area contributed by atoms with Gasteiger partial charge in [-0.3, -0.25) is 24.2 Å². The lowest BCUT2D eigenvalue weighted by Crippen LogP contribution is -2.54. The zero-order valence-corrected chi connectivity index (χ0v) is 23.8. The van der Waals surface area contributed by atoms with Crippen LogP contribution in [0.5, 0.6) is 0 Å². The van der Waals surface area contributed by atoms with Gasteiger partial charge in [0.1, 0.15) is 11.8 Å². The summed E-state index contributed by atoms with van der Waals surface area (Å²) < 4.78 is 0.868. The van der Waals surface area contributed by atoms with E-state index in [2.05, 4.69) is 26.2 Å². The monoisotopic (exact) mass is 577 g/mol. The van der Waals surface area contributed by atoms with Gasteiger partial charge in [0.05, 0.1) is 6.04 Å². The second-order valence-electron chi connectivity index (χ2n) is 9.98. The first-order valence-electron chi connectivity index (χ1n) is 12.9. The van der Waals surface area contributed by atoms with Crippen LogP contribution in [0.4, 0.5) is 0 Å². The molecular formula is C27H40BrN5O4. The van der Waals surface area contributed by atoms with Crippen LogP contribution in [-0.4, -0.2) is 59.4 Å². The maximum absolute atomic E-state index is 13.6. The summed E-state index contributed by atoms with van der Waals surface area (Å²) in [6, 6.07) is 3.99. The number of nitrogens with zero attached hydrogens (tertiary/aromatic N) is 2. The lowest BCUT2D eigenvalue weighted by Gasteiger charge is -2.31.